The molecular weight excluding hydrogens is 256 g/mol. The van der Waals surface area contributed by atoms with Crippen molar-refractivity contribution in [2.75, 3.05) is 13.1 Å². The molecule has 3 heteroatoms. The first-order valence-electron chi connectivity index (χ1n) is 6.95. The highest BCUT2D eigenvalue weighted by Crippen LogP contribution is 2.35. The third-order valence-electron chi connectivity index (χ3n) is 4.03. The van der Waals surface area contributed by atoms with E-state index in [2.05, 4.69) is 5.32 Å². The summed E-state index contributed by atoms with van der Waals surface area (Å²) in [7, 11) is 0. The molecule has 0 radical (unpaired) electrons. The standard InChI is InChI=1S/C17H17F2N/c18-15-5-1-12(2-6-15)17(14-9-10-20-11-14)13-3-7-16(19)8-4-13/h1-8,14,17,20H,9-11H2. The topological polar surface area (TPSA) is 12.0 Å². The van der Waals surface area contributed by atoms with Gasteiger partial charge in [0.1, 0.15) is 11.6 Å². The van der Waals surface area contributed by atoms with Gasteiger partial charge in [0.2, 0.25) is 0 Å². The second-order valence-electron chi connectivity index (χ2n) is 5.33. The van der Waals surface area contributed by atoms with Crippen LogP contribution in [0, 0.1) is 17.6 Å². The number of hydrogen-bond donors (Lipinski definition) is 1. The van der Waals surface area contributed by atoms with E-state index in [4.69, 9.17) is 0 Å². The van der Waals surface area contributed by atoms with Gasteiger partial charge in [-0.2, -0.15) is 0 Å². The molecule has 0 spiro atoms. The van der Waals surface area contributed by atoms with Crippen molar-refractivity contribution in [3.05, 3.63) is 71.3 Å². The van der Waals surface area contributed by atoms with Gasteiger partial charge in [-0.3, -0.25) is 0 Å². The summed E-state index contributed by atoms with van der Waals surface area (Å²) < 4.78 is 26.2. The highest BCUT2D eigenvalue weighted by atomic mass is 19.1. The molecule has 20 heavy (non-hydrogen) atoms. The zero-order chi connectivity index (χ0) is 13.9. The molecule has 1 aliphatic rings. The summed E-state index contributed by atoms with van der Waals surface area (Å²) in [6, 6.07) is 13.3. The maximum atomic E-state index is 13.1. The van der Waals surface area contributed by atoms with Crippen LogP contribution in [-0.2, 0) is 0 Å². The largest absolute Gasteiger partial charge is 0.316 e. The lowest BCUT2D eigenvalue weighted by molar-refractivity contribution is 0.509. The van der Waals surface area contributed by atoms with Gasteiger partial charge in [0, 0.05) is 5.92 Å². The van der Waals surface area contributed by atoms with Crippen molar-refractivity contribution in [3.8, 4) is 0 Å². The Morgan fingerprint density at radius 3 is 1.75 bits per heavy atom. The van der Waals surface area contributed by atoms with Gasteiger partial charge in [-0.25, -0.2) is 8.78 Å². The van der Waals surface area contributed by atoms with Crippen LogP contribution in [0.5, 0.6) is 0 Å². The van der Waals surface area contributed by atoms with Crippen LogP contribution >= 0.6 is 0 Å². The number of benzene rings is 2. The van der Waals surface area contributed by atoms with Crippen LogP contribution in [0.2, 0.25) is 0 Å². The molecule has 1 atom stereocenters. The Morgan fingerprint density at radius 1 is 0.850 bits per heavy atom. The van der Waals surface area contributed by atoms with Crippen LogP contribution in [0.3, 0.4) is 0 Å². The van der Waals surface area contributed by atoms with Gasteiger partial charge in [0.25, 0.3) is 0 Å². The molecule has 1 saturated heterocycles. The Morgan fingerprint density at radius 2 is 1.35 bits per heavy atom. The molecule has 0 aliphatic carbocycles. The molecule has 0 saturated carbocycles. The SMILES string of the molecule is Fc1ccc(C(c2ccc(F)cc2)C2CCNC2)cc1. The maximum Gasteiger partial charge on any atom is 0.123 e. The van der Waals surface area contributed by atoms with Crippen LogP contribution in [0.15, 0.2) is 48.5 Å². The third kappa shape index (κ3) is 2.73. The van der Waals surface area contributed by atoms with E-state index in [1.165, 1.54) is 24.3 Å². The minimum absolute atomic E-state index is 0.186. The molecule has 1 N–H and O–H groups in total. The Balaban J connectivity index is 1.98. The van der Waals surface area contributed by atoms with E-state index in [0.29, 0.717) is 5.92 Å². The summed E-state index contributed by atoms with van der Waals surface area (Å²) in [5, 5.41) is 3.37. The number of hydrogen-bond acceptors (Lipinski definition) is 1. The first-order chi connectivity index (χ1) is 9.74. The predicted octanol–water partition coefficient (Wildman–Crippen LogP) is 3.71. The average molecular weight is 273 g/mol. The van der Waals surface area contributed by atoms with Crippen molar-refractivity contribution in [2.45, 2.75) is 12.3 Å². The van der Waals surface area contributed by atoms with Crippen LogP contribution in [-0.4, -0.2) is 13.1 Å². The molecule has 1 nitrogen and oxygen atoms in total. The molecule has 1 heterocycles. The van der Waals surface area contributed by atoms with Crippen molar-refractivity contribution < 1.29 is 8.78 Å². The summed E-state index contributed by atoms with van der Waals surface area (Å²) in [6.07, 6.45) is 1.08. The first-order valence-corrected chi connectivity index (χ1v) is 6.95. The number of rotatable bonds is 3. The molecule has 0 aromatic heterocycles. The summed E-state index contributed by atoms with van der Waals surface area (Å²) in [5.41, 5.74) is 2.18. The van der Waals surface area contributed by atoms with Gasteiger partial charge < -0.3 is 5.32 Å². The summed E-state index contributed by atoms with van der Waals surface area (Å²) >= 11 is 0. The van der Waals surface area contributed by atoms with Crippen molar-refractivity contribution in [3.63, 3.8) is 0 Å². The molecule has 104 valence electrons. The molecule has 2 aromatic carbocycles. The van der Waals surface area contributed by atoms with Crippen molar-refractivity contribution in [2.24, 2.45) is 5.92 Å². The van der Waals surface area contributed by atoms with Gasteiger partial charge in [0.15, 0.2) is 0 Å². The first kappa shape index (κ1) is 13.3. The van der Waals surface area contributed by atoms with E-state index in [9.17, 15) is 8.78 Å². The third-order valence-corrected chi connectivity index (χ3v) is 4.03. The van der Waals surface area contributed by atoms with E-state index in [1.807, 2.05) is 24.3 Å². The molecule has 0 bridgehead atoms. The van der Waals surface area contributed by atoms with Gasteiger partial charge in [0.05, 0.1) is 0 Å². The fraction of sp³-hybridized carbons (Fsp3) is 0.294. The van der Waals surface area contributed by atoms with Crippen molar-refractivity contribution >= 4 is 0 Å². The molecule has 1 aliphatic heterocycles. The van der Waals surface area contributed by atoms with Crippen LogP contribution < -0.4 is 5.32 Å². The van der Waals surface area contributed by atoms with Gasteiger partial charge in [-0.15, -0.1) is 0 Å². The van der Waals surface area contributed by atoms with E-state index < -0.39 is 0 Å². The van der Waals surface area contributed by atoms with Crippen LogP contribution in [0.4, 0.5) is 8.78 Å². The quantitative estimate of drug-likeness (QED) is 0.899. The van der Waals surface area contributed by atoms with Gasteiger partial charge >= 0.3 is 0 Å². The summed E-state index contributed by atoms with van der Waals surface area (Å²) in [5.74, 6) is 0.199. The van der Waals surface area contributed by atoms with Gasteiger partial charge in [-0.1, -0.05) is 24.3 Å². The Labute approximate surface area is 117 Å². The van der Waals surface area contributed by atoms with E-state index in [-0.39, 0.29) is 17.6 Å². The molecule has 1 fully saturated rings. The average Bonchev–Trinajstić information content (AvgIpc) is 2.97. The molecule has 3 rings (SSSR count). The summed E-state index contributed by atoms with van der Waals surface area (Å²) in [4.78, 5) is 0. The lowest BCUT2D eigenvalue weighted by atomic mass is 9.80. The van der Waals surface area contributed by atoms with Crippen molar-refractivity contribution in [1.82, 2.24) is 5.32 Å². The lowest BCUT2D eigenvalue weighted by Gasteiger charge is -2.24. The smallest absolute Gasteiger partial charge is 0.123 e. The number of nitrogens with one attached hydrogen (secondary N) is 1. The van der Waals surface area contributed by atoms with E-state index in [0.717, 1.165) is 30.6 Å². The number of halogens is 2. The minimum Gasteiger partial charge on any atom is -0.316 e. The Hall–Kier alpha value is -1.74. The lowest BCUT2D eigenvalue weighted by Crippen LogP contribution is -2.17. The highest BCUT2D eigenvalue weighted by molar-refractivity contribution is 5.34. The van der Waals surface area contributed by atoms with Gasteiger partial charge in [-0.05, 0) is 60.8 Å². The van der Waals surface area contributed by atoms with E-state index in [1.54, 1.807) is 0 Å². The monoisotopic (exact) mass is 273 g/mol. The molecular formula is C17H17F2N. The van der Waals surface area contributed by atoms with Crippen LogP contribution in [0.25, 0.3) is 0 Å². The molecule has 2 aromatic rings. The fourth-order valence-corrected chi connectivity index (χ4v) is 3.04. The van der Waals surface area contributed by atoms with Crippen LogP contribution in [0.1, 0.15) is 23.5 Å². The fourth-order valence-electron chi connectivity index (χ4n) is 3.04. The normalized spacial score (nSPS) is 18.6. The Bertz CT molecular complexity index is 511. The van der Waals surface area contributed by atoms with E-state index >= 15 is 0 Å². The summed E-state index contributed by atoms with van der Waals surface area (Å²) in [6.45, 7) is 1.95. The predicted molar refractivity (Wildman–Crippen MR) is 75.6 cm³/mol. The molecule has 1 unspecified atom stereocenters. The zero-order valence-corrected chi connectivity index (χ0v) is 11.2. The second kappa shape index (κ2) is 5.71. The maximum absolute atomic E-state index is 13.1. The van der Waals surface area contributed by atoms with Crippen molar-refractivity contribution in [1.29, 1.82) is 0 Å². The highest BCUT2D eigenvalue weighted by Gasteiger charge is 2.27. The zero-order valence-electron chi connectivity index (χ0n) is 11.2. The molecule has 0 amide bonds. The Kier molecular flexibility index (Phi) is 3.79. The minimum atomic E-state index is -0.226. The second-order valence-corrected chi connectivity index (χ2v) is 5.33.